The zero-order chi connectivity index (χ0) is 22.0. The van der Waals surface area contributed by atoms with Gasteiger partial charge in [-0.25, -0.2) is 14.1 Å². The number of rotatable bonds is 5. The van der Waals surface area contributed by atoms with Crippen LogP contribution in [-0.4, -0.2) is 27.8 Å². The number of nitrogens with one attached hydrogen (secondary N) is 2. The van der Waals surface area contributed by atoms with Crippen LogP contribution in [0.2, 0.25) is 0 Å². The molecule has 0 radical (unpaired) electrons. The van der Waals surface area contributed by atoms with E-state index in [9.17, 15) is 18.8 Å². The van der Waals surface area contributed by atoms with Gasteiger partial charge in [-0.3, -0.25) is 24.8 Å². The van der Waals surface area contributed by atoms with Crippen molar-refractivity contribution < 1.29 is 13.9 Å². The highest BCUT2D eigenvalue weighted by molar-refractivity contribution is 7.14. The second-order valence-corrected chi connectivity index (χ2v) is 7.23. The molecule has 4 aromatic rings. The van der Waals surface area contributed by atoms with Crippen molar-refractivity contribution >= 4 is 22.4 Å². The fourth-order valence-electron chi connectivity index (χ4n) is 2.91. The van der Waals surface area contributed by atoms with Crippen molar-refractivity contribution in [3.8, 4) is 22.7 Å². The van der Waals surface area contributed by atoms with Crippen LogP contribution >= 0.6 is 11.3 Å². The largest absolute Gasteiger partial charge is 0.496 e. The second-order valence-electron chi connectivity index (χ2n) is 6.37. The Kier molecular flexibility index (Phi) is 5.46. The molecular formula is C21H15FN4O4S. The summed E-state index contributed by atoms with van der Waals surface area (Å²) in [4.78, 5) is 40.6. The smallest absolute Gasteiger partial charge is 0.269 e. The number of anilines is 1. The van der Waals surface area contributed by atoms with Crippen molar-refractivity contribution in [2.45, 2.75) is 0 Å². The molecule has 10 heteroatoms. The molecule has 0 spiro atoms. The summed E-state index contributed by atoms with van der Waals surface area (Å²) >= 11 is 1.17. The third-order valence-electron chi connectivity index (χ3n) is 4.35. The zero-order valence-corrected chi connectivity index (χ0v) is 16.9. The molecule has 1 amide bonds. The third-order valence-corrected chi connectivity index (χ3v) is 5.11. The molecule has 31 heavy (non-hydrogen) atoms. The number of ether oxygens (including phenoxy) is 1. The summed E-state index contributed by atoms with van der Waals surface area (Å²) in [6.45, 7) is 0. The highest BCUT2D eigenvalue weighted by atomic mass is 32.1. The maximum Gasteiger partial charge on any atom is 0.269 e. The van der Waals surface area contributed by atoms with Gasteiger partial charge in [0.25, 0.3) is 17.0 Å². The molecule has 0 aliphatic carbocycles. The molecule has 2 N–H and O–H groups in total. The monoisotopic (exact) mass is 438 g/mol. The van der Waals surface area contributed by atoms with E-state index >= 15 is 0 Å². The van der Waals surface area contributed by atoms with E-state index < -0.39 is 22.8 Å². The summed E-state index contributed by atoms with van der Waals surface area (Å²) in [5.41, 5.74) is 0.629. The fourth-order valence-corrected chi connectivity index (χ4v) is 3.61. The minimum Gasteiger partial charge on any atom is -0.496 e. The van der Waals surface area contributed by atoms with Gasteiger partial charge in [-0.05, 0) is 36.4 Å². The number of methoxy groups -OCH3 is 1. The highest BCUT2D eigenvalue weighted by Gasteiger charge is 2.14. The van der Waals surface area contributed by atoms with E-state index in [1.54, 1.807) is 23.6 Å². The molecule has 0 unspecified atom stereocenters. The molecule has 8 nitrogen and oxygen atoms in total. The summed E-state index contributed by atoms with van der Waals surface area (Å²) in [6.07, 6.45) is 0. The number of aromatic amines is 1. The van der Waals surface area contributed by atoms with E-state index in [0.717, 1.165) is 16.8 Å². The summed E-state index contributed by atoms with van der Waals surface area (Å²) in [5, 5.41) is 7.07. The van der Waals surface area contributed by atoms with Crippen molar-refractivity contribution in [1.82, 2.24) is 14.8 Å². The Morgan fingerprint density at radius 3 is 2.81 bits per heavy atom. The average molecular weight is 438 g/mol. The van der Waals surface area contributed by atoms with Crippen molar-refractivity contribution in [1.29, 1.82) is 0 Å². The molecule has 0 aliphatic rings. The molecule has 4 rings (SSSR count). The van der Waals surface area contributed by atoms with E-state index in [2.05, 4.69) is 15.4 Å². The van der Waals surface area contributed by atoms with Crippen molar-refractivity contribution in [2.24, 2.45) is 0 Å². The predicted octanol–water partition coefficient (Wildman–Crippen LogP) is 3.05. The van der Waals surface area contributed by atoms with Crippen molar-refractivity contribution in [3.63, 3.8) is 0 Å². The molecule has 2 aromatic heterocycles. The normalized spacial score (nSPS) is 10.6. The van der Waals surface area contributed by atoms with Crippen LogP contribution in [0.3, 0.4) is 0 Å². The first-order chi connectivity index (χ1) is 14.9. The molecular weight excluding hydrogens is 423 g/mol. The second kappa shape index (κ2) is 8.36. The minimum absolute atomic E-state index is 0.259. The Hall–Kier alpha value is -4.05. The average Bonchev–Trinajstić information content (AvgIpc) is 3.23. The van der Waals surface area contributed by atoms with Gasteiger partial charge in [0.15, 0.2) is 5.13 Å². The van der Waals surface area contributed by atoms with Gasteiger partial charge in [-0.1, -0.05) is 6.07 Å². The van der Waals surface area contributed by atoms with E-state index in [4.69, 9.17) is 4.74 Å². The number of H-pyrrole nitrogens is 1. The van der Waals surface area contributed by atoms with E-state index in [-0.39, 0.29) is 5.56 Å². The van der Waals surface area contributed by atoms with Crippen LogP contribution in [-0.2, 0) is 0 Å². The summed E-state index contributed by atoms with van der Waals surface area (Å²) in [6, 6.07) is 12.6. The Bertz CT molecular complexity index is 1390. The number of carbonyl (C=O) groups excluding carboxylic acids is 1. The highest BCUT2D eigenvalue weighted by Crippen LogP contribution is 2.32. The standard InChI is InChI=1S/C21H15FN4O4S/c1-30-17-6-5-13(22)10-15(17)16-11-31-21(23-16)24-20(29)12-3-2-4-14(9-12)26-19(28)8-7-18(27)25-26/h2-11H,1H3,(H,25,27)(H,23,24,29). The number of amides is 1. The lowest BCUT2D eigenvalue weighted by molar-refractivity contribution is 0.102. The van der Waals surface area contributed by atoms with Crippen LogP contribution in [0.1, 0.15) is 10.4 Å². The number of carbonyl (C=O) groups is 1. The Morgan fingerprint density at radius 1 is 1.16 bits per heavy atom. The van der Waals surface area contributed by atoms with Gasteiger partial charge < -0.3 is 4.74 Å². The first kappa shape index (κ1) is 20.2. The number of hydrogen-bond acceptors (Lipinski definition) is 6. The number of hydrogen-bond donors (Lipinski definition) is 2. The first-order valence-electron chi connectivity index (χ1n) is 8.98. The quantitative estimate of drug-likeness (QED) is 0.498. The SMILES string of the molecule is COc1ccc(F)cc1-c1csc(NC(=O)c2cccc(-n3[nH]c(=O)ccc3=O)c2)n1. The zero-order valence-electron chi connectivity index (χ0n) is 16.1. The van der Waals surface area contributed by atoms with Crippen LogP contribution in [0.15, 0.2) is 69.6 Å². The predicted molar refractivity (Wildman–Crippen MR) is 115 cm³/mol. The van der Waals surface area contributed by atoms with Gasteiger partial charge in [0.1, 0.15) is 11.6 Å². The Morgan fingerprint density at radius 2 is 2.00 bits per heavy atom. The topological polar surface area (TPSA) is 106 Å². The van der Waals surface area contributed by atoms with Crippen LogP contribution in [0.5, 0.6) is 5.75 Å². The molecule has 0 aliphatic heterocycles. The Balaban J connectivity index is 1.59. The maximum atomic E-state index is 13.6. The first-order valence-corrected chi connectivity index (χ1v) is 9.86. The molecule has 0 atom stereocenters. The van der Waals surface area contributed by atoms with Crippen molar-refractivity contribution in [2.75, 3.05) is 12.4 Å². The maximum absolute atomic E-state index is 13.6. The number of halogens is 1. The van der Waals surface area contributed by atoms with Gasteiger partial charge in [-0.2, -0.15) is 0 Å². The van der Waals surface area contributed by atoms with Gasteiger partial charge in [-0.15, -0.1) is 11.3 Å². The number of thiazole rings is 1. The number of aromatic nitrogens is 3. The van der Waals surface area contributed by atoms with Gasteiger partial charge in [0.05, 0.1) is 18.5 Å². The molecule has 0 bridgehead atoms. The number of benzene rings is 2. The summed E-state index contributed by atoms with van der Waals surface area (Å²) in [5.74, 6) is -0.430. The number of nitrogens with zero attached hydrogens (tertiary/aromatic N) is 2. The van der Waals surface area contributed by atoms with Gasteiger partial charge >= 0.3 is 0 Å². The molecule has 0 fully saturated rings. The van der Waals surface area contributed by atoms with E-state index in [1.165, 1.54) is 42.7 Å². The van der Waals surface area contributed by atoms with Gasteiger partial charge in [0.2, 0.25) is 0 Å². The summed E-state index contributed by atoms with van der Waals surface area (Å²) in [7, 11) is 1.48. The van der Waals surface area contributed by atoms with Crippen LogP contribution in [0.25, 0.3) is 16.9 Å². The molecule has 2 heterocycles. The Labute approximate surface area is 178 Å². The third kappa shape index (κ3) is 4.28. The molecule has 0 saturated carbocycles. The molecule has 2 aromatic carbocycles. The molecule has 156 valence electrons. The van der Waals surface area contributed by atoms with Crippen LogP contribution < -0.4 is 21.2 Å². The minimum atomic E-state index is -0.458. The summed E-state index contributed by atoms with van der Waals surface area (Å²) < 4.78 is 19.9. The van der Waals surface area contributed by atoms with Crippen LogP contribution in [0.4, 0.5) is 9.52 Å². The lowest BCUT2D eigenvalue weighted by Gasteiger charge is -2.07. The van der Waals surface area contributed by atoms with Crippen molar-refractivity contribution in [3.05, 3.63) is 92.1 Å². The van der Waals surface area contributed by atoms with E-state index in [0.29, 0.717) is 27.8 Å². The fraction of sp³-hybridized carbons (Fsp3) is 0.0476. The molecule has 0 saturated heterocycles. The lowest BCUT2D eigenvalue weighted by atomic mass is 10.1. The van der Waals surface area contributed by atoms with Gasteiger partial charge in [0, 0.05) is 28.6 Å². The lowest BCUT2D eigenvalue weighted by Crippen LogP contribution is -2.26. The van der Waals surface area contributed by atoms with E-state index in [1.807, 2.05) is 0 Å². The van der Waals surface area contributed by atoms with Crippen LogP contribution in [0, 0.1) is 5.82 Å².